The Morgan fingerprint density at radius 3 is 2.72 bits per heavy atom. The Balaban J connectivity index is 2.78. The zero-order valence-electron chi connectivity index (χ0n) is 10.9. The lowest BCUT2D eigenvalue weighted by molar-refractivity contribution is 0.578. The van der Waals surface area contributed by atoms with Gasteiger partial charge in [-0.05, 0) is 37.3 Å². The molecule has 1 unspecified atom stereocenters. The molecule has 0 saturated heterocycles. The Labute approximate surface area is 113 Å². The third-order valence-electron chi connectivity index (χ3n) is 2.86. The zero-order chi connectivity index (χ0) is 13.8. The highest BCUT2D eigenvalue weighted by molar-refractivity contribution is 7.99. The third-order valence-corrected chi connectivity index (χ3v) is 5.51. The fourth-order valence-electron chi connectivity index (χ4n) is 1.51. The monoisotopic (exact) mass is 288 g/mol. The summed E-state index contributed by atoms with van der Waals surface area (Å²) in [6, 6.07) is 4.93. The number of hydrogen-bond donors (Lipinski definition) is 2. The Morgan fingerprint density at radius 2 is 2.11 bits per heavy atom. The van der Waals surface area contributed by atoms with Gasteiger partial charge in [0, 0.05) is 17.5 Å². The maximum atomic E-state index is 12.1. The molecule has 1 rings (SSSR count). The second-order valence-electron chi connectivity index (χ2n) is 4.20. The number of nitrogen functional groups attached to an aromatic ring is 1. The van der Waals surface area contributed by atoms with Crippen LogP contribution >= 0.6 is 11.8 Å². The van der Waals surface area contributed by atoms with Crippen LogP contribution in [0.3, 0.4) is 0 Å². The van der Waals surface area contributed by atoms with Crippen LogP contribution in [0.5, 0.6) is 0 Å². The summed E-state index contributed by atoms with van der Waals surface area (Å²) in [6.45, 7) is 4.23. The van der Waals surface area contributed by atoms with Crippen LogP contribution in [0.25, 0.3) is 0 Å². The van der Waals surface area contributed by atoms with Gasteiger partial charge in [-0.3, -0.25) is 0 Å². The van der Waals surface area contributed by atoms with E-state index in [-0.39, 0.29) is 4.90 Å². The number of thioether (sulfide) groups is 1. The summed E-state index contributed by atoms with van der Waals surface area (Å²) < 4.78 is 26.8. The first-order valence-corrected chi connectivity index (χ1v) is 8.53. The van der Waals surface area contributed by atoms with Crippen LogP contribution in [0.1, 0.15) is 18.9 Å². The third kappa shape index (κ3) is 3.90. The van der Waals surface area contributed by atoms with E-state index in [0.29, 0.717) is 23.0 Å². The molecule has 18 heavy (non-hydrogen) atoms. The minimum Gasteiger partial charge on any atom is -0.398 e. The first-order valence-electron chi connectivity index (χ1n) is 5.76. The molecule has 0 radical (unpaired) electrons. The molecule has 6 heteroatoms. The first-order chi connectivity index (χ1) is 8.38. The van der Waals surface area contributed by atoms with E-state index < -0.39 is 10.0 Å². The number of rotatable bonds is 6. The Morgan fingerprint density at radius 1 is 1.44 bits per heavy atom. The van der Waals surface area contributed by atoms with E-state index in [2.05, 4.69) is 11.6 Å². The molecule has 0 saturated carbocycles. The Bertz CT molecular complexity index is 501. The number of sulfonamides is 1. The van der Waals surface area contributed by atoms with Gasteiger partial charge in [-0.1, -0.05) is 13.0 Å². The summed E-state index contributed by atoms with van der Waals surface area (Å²) in [5, 5.41) is 0.439. The second-order valence-corrected chi connectivity index (χ2v) is 7.21. The number of nitrogens with one attached hydrogen (secondary N) is 1. The molecule has 0 aliphatic heterocycles. The smallest absolute Gasteiger partial charge is 0.240 e. The summed E-state index contributed by atoms with van der Waals surface area (Å²) >= 11 is 1.72. The maximum absolute atomic E-state index is 12.1. The molecule has 0 aliphatic rings. The number of benzene rings is 1. The van der Waals surface area contributed by atoms with Gasteiger partial charge in [0.2, 0.25) is 10.0 Å². The largest absolute Gasteiger partial charge is 0.398 e. The van der Waals surface area contributed by atoms with Crippen molar-refractivity contribution >= 4 is 27.5 Å². The van der Waals surface area contributed by atoms with Gasteiger partial charge in [-0.25, -0.2) is 13.1 Å². The lowest BCUT2D eigenvalue weighted by Crippen LogP contribution is -2.27. The minimum atomic E-state index is -3.46. The lowest BCUT2D eigenvalue weighted by Gasteiger charge is -2.12. The molecule has 4 nitrogen and oxygen atoms in total. The molecule has 102 valence electrons. The first kappa shape index (κ1) is 15.3. The molecule has 0 amide bonds. The molecule has 0 fully saturated rings. The minimum absolute atomic E-state index is 0.263. The van der Waals surface area contributed by atoms with Crippen LogP contribution in [0.4, 0.5) is 5.69 Å². The van der Waals surface area contributed by atoms with Crippen LogP contribution in [-0.4, -0.2) is 26.5 Å². The van der Waals surface area contributed by atoms with Crippen LogP contribution in [0, 0.1) is 6.92 Å². The summed E-state index contributed by atoms with van der Waals surface area (Å²) in [6.07, 6.45) is 2.82. The fraction of sp³-hybridized carbons (Fsp3) is 0.500. The maximum Gasteiger partial charge on any atom is 0.240 e. The predicted octanol–water partition coefficient (Wildman–Crippen LogP) is 2.00. The van der Waals surface area contributed by atoms with Crippen LogP contribution < -0.4 is 10.5 Å². The van der Waals surface area contributed by atoms with Gasteiger partial charge < -0.3 is 5.73 Å². The molecular formula is C12H20N2O2S2. The van der Waals surface area contributed by atoms with E-state index in [4.69, 9.17) is 5.73 Å². The summed E-state index contributed by atoms with van der Waals surface area (Å²) in [4.78, 5) is 0.263. The van der Waals surface area contributed by atoms with Crippen LogP contribution in [-0.2, 0) is 10.0 Å². The van der Waals surface area contributed by atoms with Gasteiger partial charge in [0.05, 0.1) is 4.90 Å². The Kier molecular flexibility index (Phi) is 5.49. The van der Waals surface area contributed by atoms with E-state index >= 15 is 0 Å². The van der Waals surface area contributed by atoms with Crippen molar-refractivity contribution in [1.29, 1.82) is 0 Å². The molecule has 3 N–H and O–H groups in total. The normalized spacial score (nSPS) is 13.5. The second kappa shape index (κ2) is 6.45. The van der Waals surface area contributed by atoms with Gasteiger partial charge in [0.15, 0.2) is 0 Å². The van der Waals surface area contributed by atoms with Crippen molar-refractivity contribution in [1.82, 2.24) is 4.72 Å². The van der Waals surface area contributed by atoms with Gasteiger partial charge in [0.1, 0.15) is 0 Å². The number of anilines is 1. The highest BCUT2D eigenvalue weighted by atomic mass is 32.2. The molecule has 0 aliphatic carbocycles. The molecule has 0 spiro atoms. The molecular weight excluding hydrogens is 268 g/mol. The molecule has 0 bridgehead atoms. The van der Waals surface area contributed by atoms with Crippen molar-refractivity contribution in [3.05, 3.63) is 23.8 Å². The Hall–Kier alpha value is -0.720. The van der Waals surface area contributed by atoms with Gasteiger partial charge >= 0.3 is 0 Å². The predicted molar refractivity (Wildman–Crippen MR) is 78.4 cm³/mol. The molecule has 1 aromatic carbocycles. The SMILES string of the molecule is CSC(C)CCNS(=O)(=O)c1cccc(N)c1C. The van der Waals surface area contributed by atoms with Crippen LogP contribution in [0.2, 0.25) is 0 Å². The van der Waals surface area contributed by atoms with Gasteiger partial charge in [0.25, 0.3) is 0 Å². The standard InChI is InChI=1S/C12H20N2O2S2/c1-9(17-3)7-8-14-18(15,16)12-6-4-5-11(13)10(12)2/h4-6,9,14H,7-8,13H2,1-3H3. The zero-order valence-corrected chi connectivity index (χ0v) is 12.6. The molecule has 0 aromatic heterocycles. The van der Waals surface area contributed by atoms with Gasteiger partial charge in [-0.15, -0.1) is 0 Å². The average molecular weight is 288 g/mol. The van der Waals surface area contributed by atoms with Crippen molar-refractivity contribution in [2.75, 3.05) is 18.5 Å². The van der Waals surface area contributed by atoms with Crippen molar-refractivity contribution in [3.8, 4) is 0 Å². The lowest BCUT2D eigenvalue weighted by atomic mass is 10.2. The highest BCUT2D eigenvalue weighted by Gasteiger charge is 2.17. The summed E-state index contributed by atoms with van der Waals surface area (Å²) in [7, 11) is -3.46. The molecule has 1 atom stereocenters. The van der Waals surface area contributed by atoms with Crippen molar-refractivity contribution in [2.24, 2.45) is 0 Å². The molecule has 1 aromatic rings. The van der Waals surface area contributed by atoms with E-state index in [1.807, 2.05) is 6.26 Å². The van der Waals surface area contributed by atoms with E-state index in [1.54, 1.807) is 36.9 Å². The van der Waals surface area contributed by atoms with Crippen molar-refractivity contribution in [2.45, 2.75) is 30.4 Å². The van der Waals surface area contributed by atoms with E-state index in [9.17, 15) is 8.42 Å². The highest BCUT2D eigenvalue weighted by Crippen LogP contribution is 2.20. The van der Waals surface area contributed by atoms with E-state index in [1.165, 1.54) is 0 Å². The van der Waals surface area contributed by atoms with Gasteiger partial charge in [-0.2, -0.15) is 11.8 Å². The fourth-order valence-corrected chi connectivity index (χ4v) is 3.19. The summed E-state index contributed by atoms with van der Waals surface area (Å²) in [5.74, 6) is 0. The quantitative estimate of drug-likeness (QED) is 0.785. The molecule has 0 heterocycles. The van der Waals surface area contributed by atoms with Crippen molar-refractivity contribution in [3.63, 3.8) is 0 Å². The van der Waals surface area contributed by atoms with Crippen LogP contribution in [0.15, 0.2) is 23.1 Å². The summed E-state index contributed by atoms with van der Waals surface area (Å²) in [5.41, 5.74) is 6.82. The topological polar surface area (TPSA) is 72.2 Å². The van der Waals surface area contributed by atoms with E-state index in [0.717, 1.165) is 6.42 Å². The average Bonchev–Trinajstić information content (AvgIpc) is 2.32. The van der Waals surface area contributed by atoms with Crippen molar-refractivity contribution < 1.29 is 8.42 Å². The number of hydrogen-bond acceptors (Lipinski definition) is 4. The number of nitrogens with two attached hydrogens (primary N) is 1.